The van der Waals surface area contributed by atoms with Gasteiger partial charge in [0.15, 0.2) is 0 Å². The van der Waals surface area contributed by atoms with Crippen LogP contribution in [0.25, 0.3) is 0 Å². The number of nitrogens with two attached hydrogens (primary N) is 2. The quantitative estimate of drug-likeness (QED) is 0.751. The number of carbonyl (C=O) groups is 2. The summed E-state index contributed by atoms with van der Waals surface area (Å²) in [4.78, 5) is 23.7. The van der Waals surface area contributed by atoms with Gasteiger partial charge in [0.2, 0.25) is 11.8 Å². The van der Waals surface area contributed by atoms with Gasteiger partial charge in [-0.1, -0.05) is 19.9 Å². The molecule has 1 rings (SSSR count). The Balaban J connectivity index is 0.00000400. The van der Waals surface area contributed by atoms with Gasteiger partial charge in [0.05, 0.1) is 5.41 Å². The molecule has 0 spiro atoms. The summed E-state index contributed by atoms with van der Waals surface area (Å²) >= 11 is 0. The normalized spacial score (nSPS) is 10.7. The van der Waals surface area contributed by atoms with E-state index in [0.29, 0.717) is 30.6 Å². The van der Waals surface area contributed by atoms with Gasteiger partial charge in [0, 0.05) is 17.8 Å². The van der Waals surface area contributed by atoms with Gasteiger partial charge in [-0.15, -0.1) is 12.4 Å². The number of hydrogen-bond acceptors (Lipinski definition) is 3. The fourth-order valence-corrected chi connectivity index (χ4v) is 2.18. The second kappa shape index (κ2) is 8.00. The Bertz CT molecular complexity index is 505. The Labute approximate surface area is 131 Å². The van der Waals surface area contributed by atoms with Gasteiger partial charge in [-0.05, 0) is 37.5 Å². The van der Waals surface area contributed by atoms with E-state index >= 15 is 0 Å². The number of amides is 2. The van der Waals surface area contributed by atoms with Crippen molar-refractivity contribution in [2.24, 2.45) is 16.9 Å². The number of carbonyl (C=O) groups excluding carboxylic acids is 2. The van der Waals surface area contributed by atoms with Crippen LogP contribution in [0.2, 0.25) is 0 Å². The van der Waals surface area contributed by atoms with Crippen molar-refractivity contribution in [3.63, 3.8) is 0 Å². The standard InChI is InChI=1S/C15H23N3O2.ClH/c1-4-15(5-2,9-16)14(20)18-11-7-6-10(3)12(8-11)13(17)19;/h6-8H,4-5,9,16H2,1-3H3,(H2,17,19)(H,18,20);1H. The Kier molecular flexibility index (Phi) is 7.39. The molecule has 5 nitrogen and oxygen atoms in total. The van der Waals surface area contributed by atoms with Gasteiger partial charge in [-0.25, -0.2) is 0 Å². The molecule has 1 aromatic carbocycles. The van der Waals surface area contributed by atoms with Crippen LogP contribution in [0.15, 0.2) is 18.2 Å². The summed E-state index contributed by atoms with van der Waals surface area (Å²) in [5, 5.41) is 2.83. The molecule has 5 N–H and O–H groups in total. The fourth-order valence-electron chi connectivity index (χ4n) is 2.18. The van der Waals surface area contributed by atoms with Crippen LogP contribution in [-0.4, -0.2) is 18.4 Å². The number of benzene rings is 1. The van der Waals surface area contributed by atoms with Gasteiger partial charge in [0.25, 0.3) is 0 Å². The van der Waals surface area contributed by atoms with E-state index in [1.807, 2.05) is 13.8 Å². The average molecular weight is 314 g/mol. The first-order valence-electron chi connectivity index (χ1n) is 6.82. The molecule has 0 aromatic heterocycles. The van der Waals surface area contributed by atoms with E-state index in [0.717, 1.165) is 5.56 Å². The third-order valence-electron chi connectivity index (χ3n) is 3.99. The van der Waals surface area contributed by atoms with Crippen molar-refractivity contribution in [3.8, 4) is 0 Å². The van der Waals surface area contributed by atoms with E-state index in [1.165, 1.54) is 0 Å². The second-order valence-electron chi connectivity index (χ2n) is 5.04. The van der Waals surface area contributed by atoms with Crippen molar-refractivity contribution in [1.82, 2.24) is 0 Å². The molecular weight excluding hydrogens is 290 g/mol. The number of halogens is 1. The third-order valence-corrected chi connectivity index (χ3v) is 3.99. The molecule has 0 heterocycles. The van der Waals surface area contributed by atoms with E-state index in [4.69, 9.17) is 11.5 Å². The number of aryl methyl sites for hydroxylation is 1. The van der Waals surface area contributed by atoms with Crippen LogP contribution < -0.4 is 16.8 Å². The summed E-state index contributed by atoms with van der Waals surface area (Å²) in [6, 6.07) is 5.12. The molecule has 1 aromatic rings. The molecular formula is C15H24ClN3O2. The molecule has 0 aliphatic heterocycles. The van der Waals surface area contributed by atoms with E-state index in [9.17, 15) is 9.59 Å². The summed E-state index contributed by atoms with van der Waals surface area (Å²) in [7, 11) is 0. The first kappa shape index (κ1) is 19.4. The fraction of sp³-hybridized carbons (Fsp3) is 0.467. The highest BCUT2D eigenvalue weighted by molar-refractivity contribution is 5.99. The lowest BCUT2D eigenvalue weighted by Gasteiger charge is -2.28. The molecule has 0 radical (unpaired) electrons. The zero-order chi connectivity index (χ0) is 15.3. The monoisotopic (exact) mass is 313 g/mol. The first-order valence-corrected chi connectivity index (χ1v) is 6.82. The Morgan fingerprint density at radius 3 is 2.24 bits per heavy atom. The minimum absolute atomic E-state index is 0. The third kappa shape index (κ3) is 4.19. The summed E-state index contributed by atoms with van der Waals surface area (Å²) in [6.45, 7) is 5.98. The predicted octanol–water partition coefficient (Wildman–Crippen LogP) is 2.22. The van der Waals surface area contributed by atoms with Crippen LogP contribution in [0, 0.1) is 12.3 Å². The summed E-state index contributed by atoms with van der Waals surface area (Å²) in [5.74, 6) is -0.626. The number of primary amides is 1. The SMILES string of the molecule is CCC(CC)(CN)C(=O)Nc1ccc(C)c(C(N)=O)c1.Cl. The Morgan fingerprint density at radius 2 is 1.81 bits per heavy atom. The largest absolute Gasteiger partial charge is 0.366 e. The molecule has 2 amide bonds. The maximum absolute atomic E-state index is 12.4. The number of rotatable bonds is 6. The van der Waals surface area contributed by atoms with Gasteiger partial charge >= 0.3 is 0 Å². The Morgan fingerprint density at radius 1 is 1.24 bits per heavy atom. The molecule has 0 aliphatic rings. The van der Waals surface area contributed by atoms with Crippen molar-refractivity contribution in [2.75, 3.05) is 11.9 Å². The molecule has 0 bridgehead atoms. The minimum atomic E-state index is -0.572. The van der Waals surface area contributed by atoms with Crippen molar-refractivity contribution in [3.05, 3.63) is 29.3 Å². The minimum Gasteiger partial charge on any atom is -0.366 e. The molecule has 21 heavy (non-hydrogen) atoms. The van der Waals surface area contributed by atoms with E-state index in [1.54, 1.807) is 25.1 Å². The molecule has 0 fully saturated rings. The molecule has 0 unspecified atom stereocenters. The van der Waals surface area contributed by atoms with Gasteiger partial charge in [-0.2, -0.15) is 0 Å². The summed E-state index contributed by atoms with van der Waals surface area (Å²) in [5.41, 5.74) is 12.2. The maximum Gasteiger partial charge on any atom is 0.249 e. The van der Waals surface area contributed by atoms with Crippen LogP contribution >= 0.6 is 12.4 Å². The topological polar surface area (TPSA) is 98.2 Å². The molecule has 0 saturated carbocycles. The highest BCUT2D eigenvalue weighted by Gasteiger charge is 2.33. The summed E-state index contributed by atoms with van der Waals surface area (Å²) < 4.78 is 0. The van der Waals surface area contributed by atoms with E-state index < -0.39 is 11.3 Å². The van der Waals surface area contributed by atoms with Gasteiger partial charge in [-0.3, -0.25) is 9.59 Å². The van der Waals surface area contributed by atoms with Crippen molar-refractivity contribution >= 4 is 29.9 Å². The number of anilines is 1. The highest BCUT2D eigenvalue weighted by atomic mass is 35.5. The molecule has 0 atom stereocenters. The first-order chi connectivity index (χ1) is 9.40. The molecule has 0 aliphatic carbocycles. The summed E-state index contributed by atoms with van der Waals surface area (Å²) in [6.07, 6.45) is 1.33. The second-order valence-corrected chi connectivity index (χ2v) is 5.04. The predicted molar refractivity (Wildman–Crippen MR) is 87.6 cm³/mol. The molecule has 0 saturated heterocycles. The van der Waals surface area contributed by atoms with Crippen LogP contribution in [-0.2, 0) is 4.79 Å². The molecule has 6 heteroatoms. The van der Waals surface area contributed by atoms with Crippen LogP contribution in [0.1, 0.15) is 42.6 Å². The van der Waals surface area contributed by atoms with Crippen LogP contribution in [0.5, 0.6) is 0 Å². The smallest absolute Gasteiger partial charge is 0.249 e. The number of nitrogens with one attached hydrogen (secondary N) is 1. The lowest BCUT2D eigenvalue weighted by atomic mass is 9.81. The van der Waals surface area contributed by atoms with Crippen molar-refractivity contribution in [1.29, 1.82) is 0 Å². The highest BCUT2D eigenvalue weighted by Crippen LogP contribution is 2.27. The lowest BCUT2D eigenvalue weighted by Crippen LogP contribution is -2.41. The van der Waals surface area contributed by atoms with Crippen LogP contribution in [0.4, 0.5) is 5.69 Å². The Hall–Kier alpha value is -1.59. The van der Waals surface area contributed by atoms with Gasteiger partial charge in [0.1, 0.15) is 0 Å². The van der Waals surface area contributed by atoms with Crippen LogP contribution in [0.3, 0.4) is 0 Å². The maximum atomic E-state index is 12.4. The van der Waals surface area contributed by atoms with Crippen molar-refractivity contribution in [2.45, 2.75) is 33.6 Å². The van der Waals surface area contributed by atoms with Gasteiger partial charge < -0.3 is 16.8 Å². The lowest BCUT2D eigenvalue weighted by molar-refractivity contribution is -0.125. The van der Waals surface area contributed by atoms with Crippen molar-refractivity contribution < 1.29 is 9.59 Å². The number of hydrogen-bond donors (Lipinski definition) is 3. The molecule has 118 valence electrons. The zero-order valence-corrected chi connectivity index (χ0v) is 13.5. The average Bonchev–Trinajstić information content (AvgIpc) is 2.43. The van der Waals surface area contributed by atoms with E-state index in [2.05, 4.69) is 5.32 Å². The zero-order valence-electron chi connectivity index (χ0n) is 12.7. The van der Waals surface area contributed by atoms with E-state index in [-0.39, 0.29) is 18.3 Å².